The fourth-order valence-corrected chi connectivity index (χ4v) is 2.96. The van der Waals surface area contributed by atoms with Crippen molar-refractivity contribution in [1.82, 2.24) is 4.90 Å². The monoisotopic (exact) mass is 379 g/mol. The predicted molar refractivity (Wildman–Crippen MR) is 94.2 cm³/mol. The Kier molecular flexibility index (Phi) is 7.90. The van der Waals surface area contributed by atoms with Crippen molar-refractivity contribution in [3.63, 3.8) is 0 Å². The first-order valence-corrected chi connectivity index (χ1v) is 8.97. The Morgan fingerprint density at radius 3 is 2.48 bits per heavy atom. The Morgan fingerprint density at radius 1 is 1.15 bits per heavy atom. The maximum atomic E-state index is 12.3. The number of nitrogens with zero attached hydrogens (tertiary/aromatic N) is 1. The van der Waals surface area contributed by atoms with E-state index in [2.05, 4.69) is 14.4 Å². The standard InChI is InChI=1S/C19H25NO7/c1-2-26-18(24)15(21)16(22)19(25)27-17(23)14-9-6-10-20(12-14)11-13-7-4-3-5-8-13/h3-5,7-8,14-16,21-22H,2,6,9-12H2,1H3. The van der Waals surface area contributed by atoms with Gasteiger partial charge in [-0.05, 0) is 31.9 Å². The minimum atomic E-state index is -2.17. The molecule has 27 heavy (non-hydrogen) atoms. The smallest absolute Gasteiger partial charge is 0.346 e. The van der Waals surface area contributed by atoms with E-state index in [-0.39, 0.29) is 6.61 Å². The third-order valence-corrected chi connectivity index (χ3v) is 4.36. The maximum Gasteiger partial charge on any atom is 0.346 e. The van der Waals surface area contributed by atoms with E-state index in [1.807, 2.05) is 30.3 Å². The first-order chi connectivity index (χ1) is 12.9. The molecule has 3 atom stereocenters. The summed E-state index contributed by atoms with van der Waals surface area (Å²) in [5.74, 6) is -3.80. The third-order valence-electron chi connectivity index (χ3n) is 4.36. The molecular formula is C19H25NO7. The number of piperidine rings is 1. The topological polar surface area (TPSA) is 113 Å². The predicted octanol–water partition coefficient (Wildman–Crippen LogP) is 0.253. The van der Waals surface area contributed by atoms with Gasteiger partial charge in [-0.1, -0.05) is 30.3 Å². The average Bonchev–Trinajstić information content (AvgIpc) is 2.68. The summed E-state index contributed by atoms with van der Waals surface area (Å²) < 4.78 is 9.20. The van der Waals surface area contributed by atoms with Gasteiger partial charge < -0.3 is 19.7 Å². The molecule has 0 aromatic heterocycles. The van der Waals surface area contributed by atoms with E-state index >= 15 is 0 Å². The van der Waals surface area contributed by atoms with Gasteiger partial charge in [0.2, 0.25) is 0 Å². The molecule has 1 aromatic carbocycles. The molecule has 2 rings (SSSR count). The van der Waals surface area contributed by atoms with Crippen LogP contribution in [0.4, 0.5) is 0 Å². The van der Waals surface area contributed by atoms with E-state index in [1.165, 1.54) is 6.92 Å². The van der Waals surface area contributed by atoms with Crippen molar-refractivity contribution >= 4 is 17.9 Å². The summed E-state index contributed by atoms with van der Waals surface area (Å²) in [6.45, 7) is 3.44. The zero-order chi connectivity index (χ0) is 19.8. The number of aliphatic hydroxyl groups is 2. The van der Waals surface area contributed by atoms with Crippen LogP contribution in [0.3, 0.4) is 0 Å². The number of carbonyl (C=O) groups excluding carboxylic acids is 3. The summed E-state index contributed by atoms with van der Waals surface area (Å²) in [7, 11) is 0. The van der Waals surface area contributed by atoms with Crippen LogP contribution in [0.15, 0.2) is 30.3 Å². The van der Waals surface area contributed by atoms with Crippen LogP contribution in [0.1, 0.15) is 25.3 Å². The molecule has 1 heterocycles. The van der Waals surface area contributed by atoms with Gasteiger partial charge in [0, 0.05) is 13.1 Å². The molecule has 1 aliphatic rings. The second-order valence-electron chi connectivity index (χ2n) is 6.44. The van der Waals surface area contributed by atoms with E-state index in [0.717, 1.165) is 18.5 Å². The second-order valence-corrected chi connectivity index (χ2v) is 6.44. The summed E-state index contributed by atoms with van der Waals surface area (Å²) >= 11 is 0. The van der Waals surface area contributed by atoms with Crippen molar-refractivity contribution in [3.8, 4) is 0 Å². The largest absolute Gasteiger partial charge is 0.464 e. The molecule has 148 valence electrons. The van der Waals surface area contributed by atoms with Gasteiger partial charge in [0.05, 0.1) is 12.5 Å². The molecule has 0 aliphatic carbocycles. The first kappa shape index (κ1) is 21.0. The average molecular weight is 379 g/mol. The fourth-order valence-electron chi connectivity index (χ4n) is 2.96. The van der Waals surface area contributed by atoms with Gasteiger partial charge in [-0.15, -0.1) is 0 Å². The number of hydrogen-bond donors (Lipinski definition) is 2. The quantitative estimate of drug-likeness (QED) is 0.512. The van der Waals surface area contributed by atoms with E-state index < -0.39 is 36.0 Å². The van der Waals surface area contributed by atoms with Crippen molar-refractivity contribution in [2.45, 2.75) is 38.5 Å². The van der Waals surface area contributed by atoms with E-state index in [0.29, 0.717) is 19.5 Å². The Bertz CT molecular complexity index is 649. The molecule has 1 aromatic rings. The molecule has 3 unspecified atom stereocenters. The highest BCUT2D eigenvalue weighted by Crippen LogP contribution is 2.20. The number of benzene rings is 1. The Balaban J connectivity index is 1.87. The summed E-state index contributed by atoms with van der Waals surface area (Å²) in [6.07, 6.45) is -2.92. The summed E-state index contributed by atoms with van der Waals surface area (Å²) in [6, 6.07) is 9.82. The number of esters is 3. The zero-order valence-corrected chi connectivity index (χ0v) is 15.2. The Labute approximate surface area is 157 Å². The lowest BCUT2D eigenvalue weighted by atomic mass is 9.97. The lowest BCUT2D eigenvalue weighted by Gasteiger charge is -2.31. The van der Waals surface area contributed by atoms with Gasteiger partial charge >= 0.3 is 17.9 Å². The molecule has 8 nitrogen and oxygen atoms in total. The van der Waals surface area contributed by atoms with Gasteiger partial charge in [-0.2, -0.15) is 0 Å². The number of aliphatic hydroxyl groups excluding tert-OH is 2. The highest BCUT2D eigenvalue weighted by atomic mass is 16.6. The highest BCUT2D eigenvalue weighted by molar-refractivity contribution is 5.92. The molecule has 0 saturated carbocycles. The lowest BCUT2D eigenvalue weighted by Crippen LogP contribution is -2.44. The second kappa shape index (κ2) is 10.1. The SMILES string of the molecule is CCOC(=O)C(O)C(O)C(=O)OC(=O)C1CCCN(Cc2ccccc2)C1. The molecule has 1 fully saturated rings. The van der Waals surface area contributed by atoms with Gasteiger partial charge in [-0.25, -0.2) is 9.59 Å². The van der Waals surface area contributed by atoms with Crippen molar-refractivity contribution in [2.75, 3.05) is 19.7 Å². The van der Waals surface area contributed by atoms with Crippen LogP contribution in [0.25, 0.3) is 0 Å². The minimum absolute atomic E-state index is 0.0179. The first-order valence-electron chi connectivity index (χ1n) is 8.97. The number of rotatable bonds is 7. The van der Waals surface area contributed by atoms with Crippen LogP contribution in [-0.4, -0.2) is 64.9 Å². The number of hydrogen-bond acceptors (Lipinski definition) is 8. The molecule has 0 radical (unpaired) electrons. The van der Waals surface area contributed by atoms with Gasteiger partial charge in [0.25, 0.3) is 0 Å². The minimum Gasteiger partial charge on any atom is -0.464 e. The van der Waals surface area contributed by atoms with Crippen LogP contribution in [0.5, 0.6) is 0 Å². The van der Waals surface area contributed by atoms with E-state index in [4.69, 9.17) is 0 Å². The number of ether oxygens (including phenoxy) is 2. The van der Waals surface area contributed by atoms with Crippen LogP contribution in [0.2, 0.25) is 0 Å². The summed E-state index contributed by atoms with van der Waals surface area (Å²) in [5.41, 5.74) is 1.12. The highest BCUT2D eigenvalue weighted by Gasteiger charge is 2.36. The van der Waals surface area contributed by atoms with Crippen molar-refractivity contribution in [2.24, 2.45) is 5.92 Å². The van der Waals surface area contributed by atoms with Crippen molar-refractivity contribution in [1.29, 1.82) is 0 Å². The van der Waals surface area contributed by atoms with Gasteiger partial charge in [0.15, 0.2) is 12.2 Å². The molecular weight excluding hydrogens is 354 g/mol. The number of carbonyl (C=O) groups is 3. The van der Waals surface area contributed by atoms with Gasteiger partial charge in [-0.3, -0.25) is 9.69 Å². The molecule has 0 bridgehead atoms. The summed E-state index contributed by atoms with van der Waals surface area (Å²) in [5, 5.41) is 19.3. The van der Waals surface area contributed by atoms with Crippen LogP contribution < -0.4 is 0 Å². The molecule has 0 amide bonds. The van der Waals surface area contributed by atoms with Crippen LogP contribution in [0, 0.1) is 5.92 Å². The van der Waals surface area contributed by atoms with Crippen LogP contribution in [-0.2, 0) is 30.4 Å². The van der Waals surface area contributed by atoms with Crippen LogP contribution >= 0.6 is 0 Å². The Morgan fingerprint density at radius 2 is 1.81 bits per heavy atom. The lowest BCUT2D eigenvalue weighted by molar-refractivity contribution is -0.179. The van der Waals surface area contributed by atoms with E-state index in [9.17, 15) is 24.6 Å². The third kappa shape index (κ3) is 6.13. The van der Waals surface area contributed by atoms with E-state index in [1.54, 1.807) is 0 Å². The fraction of sp³-hybridized carbons (Fsp3) is 0.526. The zero-order valence-electron chi connectivity index (χ0n) is 15.2. The van der Waals surface area contributed by atoms with Crippen molar-refractivity contribution < 1.29 is 34.1 Å². The summed E-state index contributed by atoms with van der Waals surface area (Å²) in [4.78, 5) is 37.6. The van der Waals surface area contributed by atoms with Crippen molar-refractivity contribution in [3.05, 3.63) is 35.9 Å². The normalized spacial score (nSPS) is 19.7. The molecule has 1 aliphatic heterocycles. The molecule has 1 saturated heterocycles. The molecule has 8 heteroatoms. The maximum absolute atomic E-state index is 12.3. The van der Waals surface area contributed by atoms with Gasteiger partial charge in [0.1, 0.15) is 0 Å². The molecule has 0 spiro atoms. The molecule has 2 N–H and O–H groups in total. The number of likely N-dealkylation sites (tertiary alicyclic amines) is 1. The Hall–Kier alpha value is -2.29.